The first-order valence-corrected chi connectivity index (χ1v) is 11.6. The molecule has 1 saturated heterocycles. The molecule has 1 unspecified atom stereocenters. The smallest absolute Gasteiger partial charge is 0.261 e. The maximum absolute atomic E-state index is 11.9. The lowest BCUT2D eigenvalue weighted by molar-refractivity contribution is 0.0676. The summed E-state index contributed by atoms with van der Waals surface area (Å²) in [6.07, 6.45) is 3.16. The second-order valence-corrected chi connectivity index (χ2v) is 8.44. The van der Waals surface area contributed by atoms with E-state index in [0.29, 0.717) is 26.2 Å². The van der Waals surface area contributed by atoms with E-state index in [-0.39, 0.29) is 12.0 Å². The van der Waals surface area contributed by atoms with E-state index in [4.69, 9.17) is 9.47 Å². The largest absolute Gasteiger partial charge is 0.491 e. The summed E-state index contributed by atoms with van der Waals surface area (Å²) in [6.45, 7) is 5.40. The van der Waals surface area contributed by atoms with Gasteiger partial charge in [-0.3, -0.25) is 9.79 Å². The van der Waals surface area contributed by atoms with Gasteiger partial charge in [-0.25, -0.2) is 0 Å². The zero-order valence-electron chi connectivity index (χ0n) is 18.3. The summed E-state index contributed by atoms with van der Waals surface area (Å²) in [5.41, 5.74) is 2.24. The lowest BCUT2D eigenvalue weighted by Crippen LogP contribution is -2.38. The van der Waals surface area contributed by atoms with Crippen molar-refractivity contribution in [3.63, 3.8) is 0 Å². The molecule has 2 heterocycles. The van der Waals surface area contributed by atoms with Gasteiger partial charge in [0.2, 0.25) is 0 Å². The molecule has 1 aliphatic rings. The molecule has 2 aromatic rings. The Morgan fingerprint density at radius 2 is 2.13 bits per heavy atom. The predicted molar refractivity (Wildman–Crippen MR) is 125 cm³/mol. The zero-order chi connectivity index (χ0) is 21.9. The van der Waals surface area contributed by atoms with Crippen molar-refractivity contribution < 1.29 is 14.3 Å². The van der Waals surface area contributed by atoms with Crippen LogP contribution >= 0.6 is 11.3 Å². The van der Waals surface area contributed by atoms with Gasteiger partial charge in [-0.15, -0.1) is 11.3 Å². The lowest BCUT2D eigenvalue weighted by Gasteiger charge is -2.17. The number of hydrogen-bond acceptors (Lipinski definition) is 5. The van der Waals surface area contributed by atoms with E-state index in [9.17, 15) is 4.79 Å². The van der Waals surface area contributed by atoms with Crippen molar-refractivity contribution in [2.75, 3.05) is 33.4 Å². The van der Waals surface area contributed by atoms with E-state index >= 15 is 0 Å². The molecule has 1 fully saturated rings. The van der Waals surface area contributed by atoms with Gasteiger partial charge in [0.25, 0.3) is 5.91 Å². The van der Waals surface area contributed by atoms with Crippen LogP contribution in [0.4, 0.5) is 0 Å². The Balaban J connectivity index is 1.39. The molecule has 8 heteroatoms. The highest BCUT2D eigenvalue weighted by molar-refractivity contribution is 7.12. The molecule has 31 heavy (non-hydrogen) atoms. The minimum absolute atomic E-state index is 0.0209. The molecule has 0 saturated carbocycles. The van der Waals surface area contributed by atoms with Crippen LogP contribution in [0.2, 0.25) is 0 Å². The number of amides is 1. The number of carbonyl (C=O) groups excluding carboxylic acids is 1. The maximum Gasteiger partial charge on any atom is 0.261 e. The zero-order valence-corrected chi connectivity index (χ0v) is 19.1. The number of guanidine groups is 1. The van der Waals surface area contributed by atoms with Crippen molar-refractivity contribution in [2.24, 2.45) is 4.99 Å². The Kier molecular flexibility index (Phi) is 9.17. The molecule has 0 spiro atoms. The molecule has 0 radical (unpaired) electrons. The molecular weight excluding hydrogens is 412 g/mol. The van der Waals surface area contributed by atoms with Gasteiger partial charge in [0.1, 0.15) is 12.4 Å². The van der Waals surface area contributed by atoms with Crippen molar-refractivity contribution in [1.82, 2.24) is 16.0 Å². The highest BCUT2D eigenvalue weighted by atomic mass is 32.1. The SMILES string of the molecule is CN=C(NCCCNC(=O)c1cccs1)NCc1ccc(C)cc1OCC1CCCO1. The molecule has 0 bridgehead atoms. The van der Waals surface area contributed by atoms with E-state index in [1.165, 1.54) is 11.3 Å². The summed E-state index contributed by atoms with van der Waals surface area (Å²) >= 11 is 1.45. The highest BCUT2D eigenvalue weighted by Gasteiger charge is 2.17. The third kappa shape index (κ3) is 7.56. The van der Waals surface area contributed by atoms with Gasteiger partial charge >= 0.3 is 0 Å². The molecular formula is C23H32N4O3S. The van der Waals surface area contributed by atoms with Crippen LogP contribution in [0.15, 0.2) is 40.7 Å². The first-order chi connectivity index (χ1) is 15.2. The number of rotatable bonds is 10. The standard InChI is InChI=1S/C23H32N4O3S/c1-17-8-9-18(20(14-17)30-16-19-6-3-12-29-19)15-27-23(24-2)26-11-5-10-25-22(28)21-7-4-13-31-21/h4,7-9,13-14,19H,3,5-6,10-12,15-16H2,1-2H3,(H,25,28)(H2,24,26,27). The average molecular weight is 445 g/mol. The third-order valence-corrected chi connectivity index (χ3v) is 5.89. The summed E-state index contributed by atoms with van der Waals surface area (Å²) in [7, 11) is 1.75. The molecule has 1 aromatic carbocycles. The van der Waals surface area contributed by atoms with Crippen LogP contribution in [0, 0.1) is 6.92 Å². The maximum atomic E-state index is 11.9. The van der Waals surface area contributed by atoms with Crippen molar-refractivity contribution in [1.29, 1.82) is 0 Å². The van der Waals surface area contributed by atoms with Crippen molar-refractivity contribution in [3.05, 3.63) is 51.7 Å². The normalized spacial score (nSPS) is 16.2. The number of carbonyl (C=O) groups is 1. The fraction of sp³-hybridized carbons (Fsp3) is 0.478. The highest BCUT2D eigenvalue weighted by Crippen LogP contribution is 2.22. The van der Waals surface area contributed by atoms with Crippen LogP contribution in [0.3, 0.4) is 0 Å². The first-order valence-electron chi connectivity index (χ1n) is 10.8. The average Bonchev–Trinajstić information content (AvgIpc) is 3.49. The van der Waals surface area contributed by atoms with Crippen LogP contribution in [-0.2, 0) is 11.3 Å². The van der Waals surface area contributed by atoms with Crippen LogP contribution in [0.1, 0.15) is 40.1 Å². The van der Waals surface area contributed by atoms with E-state index in [0.717, 1.165) is 53.6 Å². The van der Waals surface area contributed by atoms with Gasteiger partial charge in [-0.1, -0.05) is 18.2 Å². The summed E-state index contributed by atoms with van der Waals surface area (Å²) in [4.78, 5) is 17.0. The number of hydrogen-bond donors (Lipinski definition) is 3. The number of ether oxygens (including phenoxy) is 2. The Hall–Kier alpha value is -2.58. The summed E-state index contributed by atoms with van der Waals surface area (Å²) < 4.78 is 11.7. The van der Waals surface area contributed by atoms with E-state index < -0.39 is 0 Å². The Bertz CT molecular complexity index is 849. The number of nitrogens with one attached hydrogen (secondary N) is 3. The van der Waals surface area contributed by atoms with Gasteiger partial charge in [-0.05, 0) is 49.3 Å². The molecule has 0 aliphatic carbocycles. The quantitative estimate of drug-likeness (QED) is 0.298. The summed E-state index contributed by atoms with van der Waals surface area (Å²) in [5, 5.41) is 11.5. The van der Waals surface area contributed by atoms with Gasteiger partial charge in [0, 0.05) is 38.9 Å². The van der Waals surface area contributed by atoms with Gasteiger partial charge < -0.3 is 25.4 Å². The van der Waals surface area contributed by atoms with Gasteiger partial charge in [-0.2, -0.15) is 0 Å². The molecule has 1 aliphatic heterocycles. The van der Waals surface area contributed by atoms with E-state index in [1.54, 1.807) is 7.05 Å². The van der Waals surface area contributed by atoms with Crippen molar-refractivity contribution in [3.8, 4) is 5.75 Å². The lowest BCUT2D eigenvalue weighted by atomic mass is 10.1. The van der Waals surface area contributed by atoms with Gasteiger partial charge in [0.15, 0.2) is 5.96 Å². The van der Waals surface area contributed by atoms with E-state index in [2.05, 4.69) is 46.1 Å². The molecule has 1 atom stereocenters. The molecule has 3 N–H and O–H groups in total. The first kappa shape index (κ1) is 23.1. The monoisotopic (exact) mass is 444 g/mol. The van der Waals surface area contributed by atoms with E-state index in [1.807, 2.05) is 17.5 Å². The molecule has 1 aromatic heterocycles. The van der Waals surface area contributed by atoms with Crippen LogP contribution in [-0.4, -0.2) is 51.3 Å². The second kappa shape index (κ2) is 12.3. The predicted octanol–water partition coefficient (Wildman–Crippen LogP) is 3.10. The van der Waals surface area contributed by atoms with Crippen molar-refractivity contribution >= 4 is 23.2 Å². The molecule has 168 valence electrons. The Morgan fingerprint density at radius 3 is 2.87 bits per heavy atom. The van der Waals surface area contributed by atoms with Crippen molar-refractivity contribution in [2.45, 2.75) is 38.8 Å². The van der Waals surface area contributed by atoms with Crippen LogP contribution in [0.5, 0.6) is 5.75 Å². The van der Waals surface area contributed by atoms with Crippen LogP contribution < -0.4 is 20.7 Å². The Labute approximate surface area is 188 Å². The molecule has 7 nitrogen and oxygen atoms in total. The number of benzene rings is 1. The fourth-order valence-corrected chi connectivity index (χ4v) is 3.93. The second-order valence-electron chi connectivity index (χ2n) is 7.50. The fourth-order valence-electron chi connectivity index (χ4n) is 3.29. The minimum Gasteiger partial charge on any atom is -0.491 e. The number of thiophene rings is 1. The number of aryl methyl sites for hydroxylation is 1. The summed E-state index contributed by atoms with van der Waals surface area (Å²) in [5.74, 6) is 1.58. The van der Waals surface area contributed by atoms with Crippen LogP contribution in [0.25, 0.3) is 0 Å². The molecule has 3 rings (SSSR count). The molecule has 1 amide bonds. The Morgan fingerprint density at radius 1 is 1.26 bits per heavy atom. The number of aliphatic imine (C=N–C) groups is 1. The topological polar surface area (TPSA) is 84.0 Å². The number of nitrogens with zero attached hydrogens (tertiary/aromatic N) is 1. The summed E-state index contributed by atoms with van der Waals surface area (Å²) in [6, 6.07) is 9.94. The third-order valence-electron chi connectivity index (χ3n) is 5.02. The minimum atomic E-state index is -0.0209. The van der Waals surface area contributed by atoms with Gasteiger partial charge in [0.05, 0.1) is 11.0 Å².